The summed E-state index contributed by atoms with van der Waals surface area (Å²) >= 11 is 0. The van der Waals surface area contributed by atoms with Crippen molar-refractivity contribution in [2.45, 2.75) is 76.4 Å². The van der Waals surface area contributed by atoms with E-state index in [9.17, 15) is 37.1 Å². The van der Waals surface area contributed by atoms with Crippen LogP contribution in [-0.4, -0.2) is 67.1 Å². The Morgan fingerprint density at radius 1 is 1.09 bits per heavy atom. The van der Waals surface area contributed by atoms with Gasteiger partial charge in [0.1, 0.15) is 12.6 Å². The van der Waals surface area contributed by atoms with Crippen molar-refractivity contribution < 1.29 is 41.9 Å². The van der Waals surface area contributed by atoms with Gasteiger partial charge < -0.3 is 21.3 Å². The van der Waals surface area contributed by atoms with Crippen LogP contribution < -0.4 is 21.3 Å². The number of nitrogens with one attached hydrogen (secondary N) is 4. The molecule has 0 bridgehead atoms. The third-order valence-corrected chi connectivity index (χ3v) is 6.31. The second-order valence-electron chi connectivity index (χ2n) is 9.56. The lowest BCUT2D eigenvalue weighted by Gasteiger charge is -2.25. The van der Waals surface area contributed by atoms with Crippen molar-refractivity contribution in [3.8, 4) is 0 Å². The predicted molar refractivity (Wildman–Crippen MR) is 110 cm³/mol. The summed E-state index contributed by atoms with van der Waals surface area (Å²) in [4.78, 5) is 61.8. The number of amides is 4. The van der Waals surface area contributed by atoms with Gasteiger partial charge in [-0.05, 0) is 50.4 Å². The molecule has 0 radical (unpaired) electrons. The topological polar surface area (TPSA) is 143 Å². The molecule has 1 saturated heterocycles. The second kappa shape index (κ2) is 10.3. The minimum atomic E-state index is -5.04. The smallest absolute Gasteiger partial charge is 0.356 e. The van der Waals surface area contributed by atoms with Crippen molar-refractivity contribution in [3.63, 3.8) is 0 Å². The fourth-order valence-electron chi connectivity index (χ4n) is 3.77. The summed E-state index contributed by atoms with van der Waals surface area (Å²) in [5.74, 6) is -4.79. The predicted octanol–water partition coefficient (Wildman–Crippen LogP) is 0.0565. The molecule has 1 unspecified atom stereocenters. The number of hydrogen-bond acceptors (Lipinski definition) is 6. The largest absolute Gasteiger partial charge is 0.522 e. The minimum absolute atomic E-state index is 0.0698. The number of halogens is 3. The van der Waals surface area contributed by atoms with E-state index in [1.165, 1.54) is 0 Å². The van der Waals surface area contributed by atoms with Gasteiger partial charge in [0.2, 0.25) is 11.8 Å². The van der Waals surface area contributed by atoms with Crippen molar-refractivity contribution in [1.82, 2.24) is 21.3 Å². The molecule has 3 atom stereocenters. The van der Waals surface area contributed by atoms with Crippen molar-refractivity contribution in [3.05, 3.63) is 0 Å². The fourth-order valence-corrected chi connectivity index (χ4v) is 3.77. The zero-order chi connectivity index (χ0) is 25.1. The van der Waals surface area contributed by atoms with Crippen LogP contribution in [0.15, 0.2) is 0 Å². The zero-order valence-electron chi connectivity index (χ0n) is 18.8. The Balaban J connectivity index is 1.68. The van der Waals surface area contributed by atoms with Crippen molar-refractivity contribution in [2.75, 3.05) is 13.2 Å². The molecule has 13 heteroatoms. The van der Waals surface area contributed by atoms with Gasteiger partial charge in [0.05, 0.1) is 6.04 Å². The highest BCUT2D eigenvalue weighted by Gasteiger charge is 2.43. The molecule has 34 heavy (non-hydrogen) atoms. The minimum Gasteiger partial charge on any atom is -0.356 e. The number of Topliss-reactive ketones (excluding diaryl/α,β-unsaturated/α-hetero) is 1. The van der Waals surface area contributed by atoms with Gasteiger partial charge in [0.25, 0.3) is 0 Å². The van der Waals surface area contributed by atoms with E-state index in [2.05, 4.69) is 26.0 Å². The van der Waals surface area contributed by atoms with Gasteiger partial charge in [0.15, 0.2) is 5.78 Å². The molecule has 2 aliphatic carbocycles. The highest BCUT2D eigenvalue weighted by molar-refractivity contribution is 6.35. The average molecular weight is 490 g/mol. The van der Waals surface area contributed by atoms with E-state index in [-0.39, 0.29) is 30.2 Å². The zero-order valence-corrected chi connectivity index (χ0v) is 18.8. The molecule has 2 saturated carbocycles. The Morgan fingerprint density at radius 2 is 1.76 bits per heavy atom. The molecule has 4 amide bonds. The number of rotatable bonds is 11. The Labute approximate surface area is 194 Å². The third-order valence-electron chi connectivity index (χ3n) is 6.31. The van der Waals surface area contributed by atoms with E-state index in [0.29, 0.717) is 13.0 Å². The number of hydrogen-bond donors (Lipinski definition) is 4. The van der Waals surface area contributed by atoms with Crippen LogP contribution in [0.5, 0.6) is 0 Å². The van der Waals surface area contributed by atoms with Crippen molar-refractivity contribution >= 4 is 29.4 Å². The average Bonchev–Trinajstić information content (AvgIpc) is 3.66. The Morgan fingerprint density at radius 3 is 2.29 bits per heavy atom. The van der Waals surface area contributed by atoms with Crippen LogP contribution in [0.4, 0.5) is 13.2 Å². The maximum absolute atomic E-state index is 13.0. The summed E-state index contributed by atoms with van der Waals surface area (Å²) in [6.07, 6.45) is -1.59. The lowest BCUT2D eigenvalue weighted by molar-refractivity contribution is -0.321. The second-order valence-corrected chi connectivity index (χ2v) is 9.56. The quantitative estimate of drug-likeness (QED) is 0.302. The third kappa shape index (κ3) is 7.96. The molecule has 1 aliphatic heterocycles. The SMILES string of the molecule is CC1(CC(NC(=O)C(=O)NC2CC2)C(=O)N[C@@H](C[C@@H]2CCNC2=O)C(=O)COC(F)(F)F)CC1. The molecule has 3 aliphatic rings. The number of carbonyl (C=O) groups excluding carboxylic acids is 5. The summed E-state index contributed by atoms with van der Waals surface area (Å²) in [7, 11) is 0. The van der Waals surface area contributed by atoms with E-state index in [1.54, 1.807) is 0 Å². The maximum Gasteiger partial charge on any atom is 0.522 e. The molecule has 0 aromatic heterocycles. The standard InChI is InChI=1S/C21H29F3N4O6/c1-20(5-6-20)9-14(28-19(33)18(32)26-12-2-3-12)17(31)27-13(8-11-4-7-25-16(11)30)15(29)10-34-21(22,23)24/h11-14H,2-10H2,1H3,(H,25,30)(H,26,32)(H,27,31)(H,28,33)/t11-,13-,14?/m0/s1. The van der Waals surface area contributed by atoms with Crippen LogP contribution in [0.25, 0.3) is 0 Å². The number of ether oxygens (including phenoxy) is 1. The molecule has 0 aromatic rings. The lowest BCUT2D eigenvalue weighted by atomic mass is 9.94. The lowest BCUT2D eigenvalue weighted by Crippen LogP contribution is -2.55. The van der Waals surface area contributed by atoms with Crippen LogP contribution in [0.2, 0.25) is 0 Å². The molecular weight excluding hydrogens is 461 g/mol. The van der Waals surface area contributed by atoms with Gasteiger partial charge in [-0.25, -0.2) is 0 Å². The first kappa shape index (κ1) is 25.9. The summed E-state index contributed by atoms with van der Waals surface area (Å²) < 4.78 is 40.9. The van der Waals surface area contributed by atoms with Gasteiger partial charge >= 0.3 is 18.2 Å². The summed E-state index contributed by atoms with van der Waals surface area (Å²) in [6, 6.07) is -2.68. The van der Waals surface area contributed by atoms with Crippen LogP contribution in [0, 0.1) is 11.3 Å². The first-order chi connectivity index (χ1) is 15.8. The van der Waals surface area contributed by atoms with E-state index in [1.807, 2.05) is 6.92 Å². The normalized spacial score (nSPS) is 22.8. The highest BCUT2D eigenvalue weighted by Crippen LogP contribution is 2.48. The summed E-state index contributed by atoms with van der Waals surface area (Å²) in [6.45, 7) is 0.915. The summed E-state index contributed by atoms with van der Waals surface area (Å²) in [5, 5.41) is 9.85. The first-order valence-corrected chi connectivity index (χ1v) is 11.3. The molecule has 3 rings (SSSR count). The van der Waals surface area contributed by atoms with Gasteiger partial charge in [-0.3, -0.25) is 28.7 Å². The summed E-state index contributed by atoms with van der Waals surface area (Å²) in [5.41, 5.74) is -0.244. The fraction of sp³-hybridized carbons (Fsp3) is 0.762. The molecule has 4 N–H and O–H groups in total. The first-order valence-electron chi connectivity index (χ1n) is 11.3. The maximum atomic E-state index is 13.0. The number of carbonyl (C=O) groups is 5. The van der Waals surface area contributed by atoms with Crippen LogP contribution >= 0.6 is 0 Å². The van der Waals surface area contributed by atoms with Crippen LogP contribution in [0.3, 0.4) is 0 Å². The van der Waals surface area contributed by atoms with E-state index >= 15 is 0 Å². The number of alkyl halides is 3. The van der Waals surface area contributed by atoms with E-state index in [0.717, 1.165) is 25.7 Å². The molecule has 190 valence electrons. The van der Waals surface area contributed by atoms with Crippen LogP contribution in [-0.2, 0) is 28.7 Å². The molecule has 0 aromatic carbocycles. The van der Waals surface area contributed by atoms with Crippen molar-refractivity contribution in [1.29, 1.82) is 0 Å². The van der Waals surface area contributed by atoms with E-state index < -0.39 is 54.5 Å². The van der Waals surface area contributed by atoms with E-state index in [4.69, 9.17) is 0 Å². The Bertz CT molecular complexity index is 841. The molecular formula is C21H29F3N4O6. The van der Waals surface area contributed by atoms with Gasteiger partial charge in [0, 0.05) is 18.5 Å². The van der Waals surface area contributed by atoms with Gasteiger partial charge in [-0.2, -0.15) is 0 Å². The van der Waals surface area contributed by atoms with Crippen LogP contribution in [0.1, 0.15) is 51.9 Å². The molecule has 0 spiro atoms. The monoisotopic (exact) mass is 490 g/mol. The molecule has 1 heterocycles. The van der Waals surface area contributed by atoms with Gasteiger partial charge in [-0.1, -0.05) is 6.92 Å². The Hall–Kier alpha value is -2.70. The Kier molecular flexibility index (Phi) is 7.84. The number of ketones is 1. The highest BCUT2D eigenvalue weighted by atomic mass is 19.4. The van der Waals surface area contributed by atoms with Crippen molar-refractivity contribution in [2.24, 2.45) is 11.3 Å². The molecule has 3 fully saturated rings. The van der Waals surface area contributed by atoms with Gasteiger partial charge in [-0.15, -0.1) is 13.2 Å². The molecule has 10 nitrogen and oxygen atoms in total.